The van der Waals surface area contributed by atoms with Crippen LogP contribution in [0.5, 0.6) is 0 Å². The van der Waals surface area contributed by atoms with E-state index < -0.39 is 15.6 Å². The summed E-state index contributed by atoms with van der Waals surface area (Å²) < 4.78 is 45.6. The Morgan fingerprint density at radius 3 is 2.63 bits per heavy atom. The summed E-state index contributed by atoms with van der Waals surface area (Å²) in [7, 11) is -2.01. The second kappa shape index (κ2) is 6.66. The molecule has 11 heteroatoms. The van der Waals surface area contributed by atoms with E-state index in [-0.39, 0.29) is 4.90 Å². The number of aromatic nitrogens is 4. The van der Waals surface area contributed by atoms with E-state index >= 15 is 0 Å². The molecule has 2 aromatic heterocycles. The van der Waals surface area contributed by atoms with E-state index in [0.29, 0.717) is 57.1 Å². The first-order chi connectivity index (χ1) is 12.9. The largest absolute Gasteiger partial charge is 0.378 e. The lowest BCUT2D eigenvalue weighted by Crippen LogP contribution is -2.52. The van der Waals surface area contributed by atoms with Gasteiger partial charge in [-0.3, -0.25) is 0 Å². The number of rotatable bonds is 4. The lowest BCUT2D eigenvalue weighted by molar-refractivity contribution is -0.117. The Labute approximate surface area is 157 Å². The molecule has 10 nitrogen and oxygen atoms in total. The molecule has 148 valence electrons. The molecule has 0 saturated carbocycles. The zero-order valence-corrected chi connectivity index (χ0v) is 16.5. The van der Waals surface area contributed by atoms with Gasteiger partial charge >= 0.3 is 0 Å². The number of nitrogens with zero attached hydrogens (tertiary/aromatic N) is 5. The van der Waals surface area contributed by atoms with Crippen LogP contribution in [0.25, 0.3) is 0 Å². The lowest BCUT2D eigenvalue weighted by Gasteiger charge is -2.43. The van der Waals surface area contributed by atoms with Crippen LogP contribution in [0.2, 0.25) is 0 Å². The molecule has 0 amide bonds. The molecule has 0 bridgehead atoms. The van der Waals surface area contributed by atoms with Crippen molar-refractivity contribution in [1.29, 1.82) is 0 Å². The molecule has 0 atom stereocenters. The molecule has 1 fully saturated rings. The van der Waals surface area contributed by atoms with Crippen molar-refractivity contribution >= 4 is 10.0 Å². The van der Waals surface area contributed by atoms with Crippen LogP contribution in [0.3, 0.4) is 0 Å². The second-order valence-electron chi connectivity index (χ2n) is 7.10. The summed E-state index contributed by atoms with van der Waals surface area (Å²) in [5.74, 6) is 0.319. The number of aryl methyl sites for hydroxylation is 2. The molecule has 2 aromatic rings. The summed E-state index contributed by atoms with van der Waals surface area (Å²) in [4.78, 5) is 0.172. The third kappa shape index (κ3) is 3.08. The van der Waals surface area contributed by atoms with Gasteiger partial charge in [0.1, 0.15) is 16.3 Å². The van der Waals surface area contributed by atoms with Crippen LogP contribution < -0.4 is 0 Å². The van der Waals surface area contributed by atoms with Crippen LogP contribution in [0.1, 0.15) is 35.7 Å². The maximum absolute atomic E-state index is 13.0. The third-order valence-electron chi connectivity index (χ3n) is 5.35. The highest BCUT2D eigenvalue weighted by Gasteiger charge is 2.44. The molecule has 2 aliphatic rings. The van der Waals surface area contributed by atoms with Crippen LogP contribution in [0.15, 0.2) is 9.42 Å². The molecule has 1 saturated heterocycles. The quantitative estimate of drug-likeness (QED) is 0.744. The molecule has 0 aromatic carbocycles. The number of hydrogen-bond acceptors (Lipinski definition) is 8. The first-order valence-corrected chi connectivity index (χ1v) is 10.3. The fraction of sp³-hybridized carbons (Fsp3) is 0.688. The highest BCUT2D eigenvalue weighted by molar-refractivity contribution is 7.89. The predicted molar refractivity (Wildman–Crippen MR) is 92.2 cm³/mol. The monoisotopic (exact) mass is 397 g/mol. The minimum absolute atomic E-state index is 0.172. The average Bonchev–Trinajstić information content (AvgIpc) is 3.18. The Hall–Kier alpha value is -1.82. The molecule has 0 aliphatic carbocycles. The molecular formula is C16H23N5O5S. The average molecular weight is 397 g/mol. The van der Waals surface area contributed by atoms with Gasteiger partial charge in [0.05, 0.1) is 31.1 Å². The smallest absolute Gasteiger partial charge is 0.248 e. The van der Waals surface area contributed by atoms with E-state index in [1.165, 1.54) is 4.31 Å². The first kappa shape index (κ1) is 18.5. The van der Waals surface area contributed by atoms with Crippen LogP contribution >= 0.6 is 0 Å². The molecule has 0 N–H and O–H groups in total. The van der Waals surface area contributed by atoms with Gasteiger partial charge in [-0.05, 0) is 26.7 Å². The topological polar surface area (TPSA) is 113 Å². The lowest BCUT2D eigenvalue weighted by atomic mass is 9.91. The van der Waals surface area contributed by atoms with Gasteiger partial charge in [-0.25, -0.2) is 13.1 Å². The number of sulfonamides is 1. The molecule has 4 rings (SSSR count). The maximum Gasteiger partial charge on any atom is 0.248 e. The van der Waals surface area contributed by atoms with Gasteiger partial charge in [0.2, 0.25) is 10.0 Å². The summed E-state index contributed by atoms with van der Waals surface area (Å²) in [5, 5.41) is 12.1. The highest BCUT2D eigenvalue weighted by Crippen LogP contribution is 2.36. The third-order valence-corrected chi connectivity index (χ3v) is 7.50. The van der Waals surface area contributed by atoms with Crippen LogP contribution in [0.4, 0.5) is 0 Å². The molecular weight excluding hydrogens is 374 g/mol. The van der Waals surface area contributed by atoms with Crippen molar-refractivity contribution in [1.82, 2.24) is 24.5 Å². The van der Waals surface area contributed by atoms with Crippen molar-refractivity contribution in [2.75, 3.05) is 20.2 Å². The minimum atomic E-state index is -3.63. The molecule has 2 aliphatic heterocycles. The minimum Gasteiger partial charge on any atom is -0.378 e. The number of piperidine rings is 1. The highest BCUT2D eigenvalue weighted by atomic mass is 32.2. The Bertz CT molecular complexity index is 923. The SMILES string of the molecule is COCc1nnn2c1COC1(CCN(S(=O)(=O)c3c(C)noc3C)CC1)C2. The van der Waals surface area contributed by atoms with E-state index in [0.717, 1.165) is 11.4 Å². The number of fused-ring (bicyclic) bond motifs is 1. The van der Waals surface area contributed by atoms with Crippen LogP contribution in [-0.4, -0.2) is 58.7 Å². The van der Waals surface area contributed by atoms with E-state index in [4.69, 9.17) is 14.0 Å². The maximum atomic E-state index is 13.0. The van der Waals surface area contributed by atoms with Crippen molar-refractivity contribution in [2.24, 2.45) is 0 Å². The van der Waals surface area contributed by atoms with Crippen molar-refractivity contribution in [2.45, 2.75) is 56.9 Å². The molecule has 4 heterocycles. The van der Waals surface area contributed by atoms with E-state index in [9.17, 15) is 8.42 Å². The van der Waals surface area contributed by atoms with Gasteiger partial charge in [-0.1, -0.05) is 10.4 Å². The van der Waals surface area contributed by atoms with Gasteiger partial charge in [-0.15, -0.1) is 5.10 Å². The fourth-order valence-corrected chi connectivity index (χ4v) is 5.58. The van der Waals surface area contributed by atoms with Crippen molar-refractivity contribution in [3.8, 4) is 0 Å². The summed E-state index contributed by atoms with van der Waals surface area (Å²) in [6.45, 7) is 5.38. The number of hydrogen-bond donors (Lipinski definition) is 0. The van der Waals surface area contributed by atoms with Gasteiger partial charge in [-0.2, -0.15) is 4.31 Å². The zero-order valence-electron chi connectivity index (χ0n) is 15.6. The van der Waals surface area contributed by atoms with E-state index in [1.807, 2.05) is 4.68 Å². The standard InChI is InChI=1S/C16H23N5O5S/c1-11-15(12(2)26-18-11)27(22,23)20-6-4-16(5-7-20)10-21-14(9-25-16)13(8-24-3)17-19-21/h4-10H2,1-3H3. The Balaban J connectivity index is 1.49. The Morgan fingerprint density at radius 2 is 2.00 bits per heavy atom. The predicted octanol–water partition coefficient (Wildman–Crippen LogP) is 0.783. The van der Waals surface area contributed by atoms with Crippen LogP contribution in [0, 0.1) is 13.8 Å². The van der Waals surface area contributed by atoms with Gasteiger partial charge in [0, 0.05) is 20.2 Å². The normalized spacial score (nSPS) is 20.1. The molecule has 0 radical (unpaired) electrons. The summed E-state index contributed by atoms with van der Waals surface area (Å²) in [6, 6.07) is 0. The number of methoxy groups -OCH3 is 1. The molecule has 27 heavy (non-hydrogen) atoms. The summed E-state index contributed by atoms with van der Waals surface area (Å²) >= 11 is 0. The summed E-state index contributed by atoms with van der Waals surface area (Å²) in [5.41, 5.74) is 1.68. The number of ether oxygens (including phenoxy) is 2. The van der Waals surface area contributed by atoms with Gasteiger partial charge in [0.25, 0.3) is 0 Å². The van der Waals surface area contributed by atoms with Crippen molar-refractivity contribution in [3.63, 3.8) is 0 Å². The van der Waals surface area contributed by atoms with Gasteiger partial charge in [0.15, 0.2) is 5.76 Å². The van der Waals surface area contributed by atoms with E-state index in [1.54, 1.807) is 21.0 Å². The molecule has 0 unspecified atom stereocenters. The second-order valence-corrected chi connectivity index (χ2v) is 8.98. The van der Waals surface area contributed by atoms with E-state index in [2.05, 4.69) is 15.5 Å². The fourth-order valence-electron chi connectivity index (χ4n) is 3.85. The van der Waals surface area contributed by atoms with Crippen molar-refractivity contribution < 1.29 is 22.4 Å². The first-order valence-electron chi connectivity index (χ1n) is 8.83. The van der Waals surface area contributed by atoms with Crippen LogP contribution in [-0.2, 0) is 39.3 Å². The summed E-state index contributed by atoms with van der Waals surface area (Å²) in [6.07, 6.45) is 1.18. The Kier molecular flexibility index (Phi) is 4.57. The van der Waals surface area contributed by atoms with Gasteiger partial charge < -0.3 is 14.0 Å². The Morgan fingerprint density at radius 1 is 1.26 bits per heavy atom. The molecule has 1 spiro atoms. The zero-order chi connectivity index (χ0) is 19.2. The van der Waals surface area contributed by atoms with Crippen molar-refractivity contribution in [3.05, 3.63) is 22.8 Å².